The van der Waals surface area contributed by atoms with E-state index in [1.807, 2.05) is 25.1 Å². The molecular formula is C16H18N2O. The van der Waals surface area contributed by atoms with Gasteiger partial charge in [0, 0.05) is 23.5 Å². The molecule has 2 aromatic carbocycles. The van der Waals surface area contributed by atoms with Crippen LogP contribution < -0.4 is 15.4 Å². The summed E-state index contributed by atoms with van der Waals surface area (Å²) in [6.45, 7) is 4.51. The van der Waals surface area contributed by atoms with E-state index in [2.05, 4.69) is 29.2 Å². The topological polar surface area (TPSA) is 38.5 Å². The van der Waals surface area contributed by atoms with E-state index in [0.717, 1.165) is 30.1 Å². The van der Waals surface area contributed by atoms with Crippen LogP contribution in [-0.4, -0.2) is 13.2 Å². The van der Waals surface area contributed by atoms with Crippen LogP contribution in [0.15, 0.2) is 42.5 Å². The van der Waals surface area contributed by atoms with Crippen molar-refractivity contribution in [3.05, 3.63) is 53.6 Å². The molecule has 0 spiro atoms. The van der Waals surface area contributed by atoms with Crippen molar-refractivity contribution in [3.63, 3.8) is 0 Å². The Labute approximate surface area is 113 Å². The van der Waals surface area contributed by atoms with Gasteiger partial charge >= 0.3 is 0 Å². The fourth-order valence-corrected chi connectivity index (χ4v) is 2.40. The van der Waals surface area contributed by atoms with Gasteiger partial charge in [-0.15, -0.1) is 0 Å². The Kier molecular flexibility index (Phi) is 3.03. The van der Waals surface area contributed by atoms with E-state index in [0.29, 0.717) is 6.61 Å². The van der Waals surface area contributed by atoms with E-state index < -0.39 is 0 Å². The molecule has 3 nitrogen and oxygen atoms in total. The van der Waals surface area contributed by atoms with Crippen molar-refractivity contribution in [1.29, 1.82) is 0 Å². The highest BCUT2D eigenvalue weighted by atomic mass is 16.5. The number of hydrogen-bond donors (Lipinski definition) is 1. The summed E-state index contributed by atoms with van der Waals surface area (Å²) in [4.78, 5) is 2.33. The van der Waals surface area contributed by atoms with E-state index in [1.54, 1.807) is 0 Å². The Morgan fingerprint density at radius 3 is 2.84 bits per heavy atom. The highest BCUT2D eigenvalue weighted by Gasteiger charge is 2.15. The van der Waals surface area contributed by atoms with Crippen LogP contribution in [0.4, 0.5) is 11.4 Å². The summed E-state index contributed by atoms with van der Waals surface area (Å²) in [7, 11) is 0. The van der Waals surface area contributed by atoms with Crippen molar-refractivity contribution in [2.45, 2.75) is 13.5 Å². The molecule has 0 fully saturated rings. The van der Waals surface area contributed by atoms with Gasteiger partial charge in [-0.1, -0.05) is 18.2 Å². The van der Waals surface area contributed by atoms with E-state index in [-0.39, 0.29) is 0 Å². The lowest BCUT2D eigenvalue weighted by molar-refractivity contribution is 0.331. The zero-order valence-electron chi connectivity index (χ0n) is 11.1. The van der Waals surface area contributed by atoms with Gasteiger partial charge in [0.05, 0.1) is 6.54 Å². The minimum absolute atomic E-state index is 0.709. The van der Waals surface area contributed by atoms with Gasteiger partial charge in [0.25, 0.3) is 0 Å². The third-order valence-corrected chi connectivity index (χ3v) is 3.57. The Morgan fingerprint density at radius 1 is 1.16 bits per heavy atom. The lowest BCUT2D eigenvalue weighted by atomic mass is 10.1. The number of ether oxygens (including phenoxy) is 1. The first kappa shape index (κ1) is 11.9. The van der Waals surface area contributed by atoms with Crippen LogP contribution in [0.1, 0.15) is 11.1 Å². The second-order valence-corrected chi connectivity index (χ2v) is 4.92. The Morgan fingerprint density at radius 2 is 2.00 bits per heavy atom. The molecule has 3 heteroatoms. The summed E-state index contributed by atoms with van der Waals surface area (Å²) in [6.07, 6.45) is 0. The van der Waals surface area contributed by atoms with Crippen molar-refractivity contribution in [3.8, 4) is 5.75 Å². The van der Waals surface area contributed by atoms with Crippen LogP contribution in [0.5, 0.6) is 5.75 Å². The van der Waals surface area contributed by atoms with Gasteiger partial charge < -0.3 is 15.4 Å². The summed E-state index contributed by atoms with van der Waals surface area (Å²) < 4.78 is 5.79. The number of nitrogens with two attached hydrogens (primary N) is 1. The lowest BCUT2D eigenvalue weighted by Crippen LogP contribution is -2.25. The number of nitrogen functional groups attached to an aromatic ring is 1. The standard InChI is InChI=1S/C16H18N2O/c1-12-10-14(6-7-15(12)17)18-8-9-19-16-5-3-2-4-13(16)11-18/h2-7,10H,8-9,11,17H2,1H3. The first-order valence-electron chi connectivity index (χ1n) is 6.56. The van der Waals surface area contributed by atoms with E-state index >= 15 is 0 Å². The van der Waals surface area contributed by atoms with Gasteiger partial charge in [-0.3, -0.25) is 0 Å². The second-order valence-electron chi connectivity index (χ2n) is 4.92. The maximum absolute atomic E-state index is 5.88. The number of aryl methyl sites for hydroxylation is 1. The predicted octanol–water partition coefficient (Wildman–Crippen LogP) is 2.98. The van der Waals surface area contributed by atoms with E-state index in [1.165, 1.54) is 11.3 Å². The zero-order chi connectivity index (χ0) is 13.2. The number of nitrogens with zero attached hydrogens (tertiary/aromatic N) is 1. The lowest BCUT2D eigenvalue weighted by Gasteiger charge is -2.22. The average molecular weight is 254 g/mol. The van der Waals surface area contributed by atoms with Crippen LogP contribution >= 0.6 is 0 Å². The molecule has 3 rings (SSSR count). The molecule has 0 saturated heterocycles. The van der Waals surface area contributed by atoms with Gasteiger partial charge in [-0.2, -0.15) is 0 Å². The van der Waals surface area contributed by atoms with Gasteiger partial charge in [0.2, 0.25) is 0 Å². The Hall–Kier alpha value is -2.16. The molecule has 0 bridgehead atoms. The van der Waals surface area contributed by atoms with Crippen LogP contribution in [0.3, 0.4) is 0 Å². The number of benzene rings is 2. The number of rotatable bonds is 1. The van der Waals surface area contributed by atoms with Crippen molar-refractivity contribution in [1.82, 2.24) is 0 Å². The number of para-hydroxylation sites is 1. The molecule has 1 aliphatic heterocycles. The van der Waals surface area contributed by atoms with Crippen LogP contribution in [0.2, 0.25) is 0 Å². The summed E-state index contributed by atoms with van der Waals surface area (Å²) in [5, 5.41) is 0. The zero-order valence-corrected chi connectivity index (χ0v) is 11.1. The molecule has 0 radical (unpaired) electrons. The maximum Gasteiger partial charge on any atom is 0.124 e. The van der Waals surface area contributed by atoms with Crippen molar-refractivity contribution in [2.24, 2.45) is 0 Å². The largest absolute Gasteiger partial charge is 0.491 e. The van der Waals surface area contributed by atoms with Gasteiger partial charge in [-0.05, 0) is 36.8 Å². The molecule has 1 heterocycles. The van der Waals surface area contributed by atoms with Crippen molar-refractivity contribution >= 4 is 11.4 Å². The molecule has 0 saturated carbocycles. The SMILES string of the molecule is Cc1cc(N2CCOc3ccccc3C2)ccc1N. The smallest absolute Gasteiger partial charge is 0.124 e. The first-order chi connectivity index (χ1) is 9.24. The highest BCUT2D eigenvalue weighted by Crippen LogP contribution is 2.27. The fourth-order valence-electron chi connectivity index (χ4n) is 2.40. The summed E-state index contributed by atoms with van der Waals surface area (Å²) in [5.41, 5.74) is 10.3. The number of fused-ring (bicyclic) bond motifs is 1. The van der Waals surface area contributed by atoms with Gasteiger partial charge in [0.1, 0.15) is 12.4 Å². The number of anilines is 2. The third-order valence-electron chi connectivity index (χ3n) is 3.57. The molecule has 98 valence electrons. The molecule has 0 unspecified atom stereocenters. The Balaban J connectivity index is 1.92. The molecule has 19 heavy (non-hydrogen) atoms. The molecule has 1 aliphatic rings. The molecular weight excluding hydrogens is 236 g/mol. The second kappa shape index (κ2) is 4.84. The summed E-state index contributed by atoms with van der Waals surface area (Å²) >= 11 is 0. The molecule has 0 aliphatic carbocycles. The minimum atomic E-state index is 0.709. The predicted molar refractivity (Wildman–Crippen MR) is 78.6 cm³/mol. The molecule has 0 amide bonds. The van der Waals surface area contributed by atoms with Crippen LogP contribution in [-0.2, 0) is 6.54 Å². The van der Waals surface area contributed by atoms with Crippen LogP contribution in [0.25, 0.3) is 0 Å². The summed E-state index contributed by atoms with van der Waals surface area (Å²) in [5.74, 6) is 0.997. The van der Waals surface area contributed by atoms with Crippen molar-refractivity contribution in [2.75, 3.05) is 23.8 Å². The quantitative estimate of drug-likeness (QED) is 0.795. The maximum atomic E-state index is 5.88. The van der Waals surface area contributed by atoms with Crippen molar-refractivity contribution < 1.29 is 4.74 Å². The van der Waals surface area contributed by atoms with Gasteiger partial charge in [0.15, 0.2) is 0 Å². The average Bonchev–Trinajstić information content (AvgIpc) is 2.64. The monoisotopic (exact) mass is 254 g/mol. The fraction of sp³-hybridized carbons (Fsp3) is 0.250. The first-order valence-corrected chi connectivity index (χ1v) is 6.56. The third kappa shape index (κ3) is 2.36. The van der Waals surface area contributed by atoms with Crippen LogP contribution in [0, 0.1) is 6.92 Å². The number of hydrogen-bond acceptors (Lipinski definition) is 3. The molecule has 0 atom stereocenters. The molecule has 2 aromatic rings. The van der Waals surface area contributed by atoms with E-state index in [9.17, 15) is 0 Å². The van der Waals surface area contributed by atoms with Gasteiger partial charge in [-0.25, -0.2) is 0 Å². The van der Waals surface area contributed by atoms with E-state index in [4.69, 9.17) is 10.5 Å². The normalized spacial score (nSPS) is 14.5. The minimum Gasteiger partial charge on any atom is -0.491 e. The Bertz CT molecular complexity index is 595. The molecule has 0 aromatic heterocycles. The molecule has 2 N–H and O–H groups in total. The summed E-state index contributed by atoms with van der Waals surface area (Å²) in [6, 6.07) is 14.4. The highest BCUT2D eigenvalue weighted by molar-refractivity contribution is 5.58.